The third-order valence-corrected chi connectivity index (χ3v) is 2.69. The summed E-state index contributed by atoms with van der Waals surface area (Å²) in [4.78, 5) is 10.6. The first-order valence-electron chi connectivity index (χ1n) is 5.27. The summed E-state index contributed by atoms with van der Waals surface area (Å²) in [7, 11) is 0. The minimum atomic E-state index is -0.981. The first kappa shape index (κ1) is 11.4. The van der Waals surface area contributed by atoms with Crippen LogP contribution in [0.3, 0.4) is 0 Å². The van der Waals surface area contributed by atoms with Crippen LogP contribution in [0.15, 0.2) is 36.4 Å². The first-order valence-corrected chi connectivity index (χ1v) is 5.27. The summed E-state index contributed by atoms with van der Waals surface area (Å²) in [5.74, 6) is -0.942. The van der Waals surface area contributed by atoms with Gasteiger partial charge in [0.2, 0.25) is 0 Å². The molecule has 2 aromatic rings. The predicted octanol–water partition coefficient (Wildman–Crippen LogP) is 2.02. The van der Waals surface area contributed by atoms with E-state index in [2.05, 4.69) is 0 Å². The molecule has 0 fully saturated rings. The van der Waals surface area contributed by atoms with E-state index >= 15 is 0 Å². The second-order valence-electron chi connectivity index (χ2n) is 3.96. The molecule has 2 rings (SSSR count). The molecule has 0 aliphatic rings. The smallest absolute Gasteiger partial charge is 0.305 e. The first-order chi connectivity index (χ1) is 8.08. The Hall–Kier alpha value is -2.07. The largest absolute Gasteiger partial charge is 0.508 e. The van der Waals surface area contributed by atoms with E-state index in [9.17, 15) is 9.90 Å². The Morgan fingerprint density at radius 1 is 1.24 bits per heavy atom. The van der Waals surface area contributed by atoms with Gasteiger partial charge in [0.25, 0.3) is 0 Å². The normalized spacial score (nSPS) is 12.5. The standard InChI is InChI=1S/C13H13NO3/c14-11(7-13(16)17)10-5-8-3-1-2-4-9(8)6-12(10)15/h1-6,11,15H,7,14H2,(H,16,17). The molecule has 0 saturated carbocycles. The topological polar surface area (TPSA) is 83.6 Å². The van der Waals surface area contributed by atoms with Gasteiger partial charge in [0, 0.05) is 11.6 Å². The molecule has 2 aromatic carbocycles. The number of fused-ring (bicyclic) bond motifs is 1. The molecule has 0 saturated heterocycles. The Morgan fingerprint density at radius 3 is 2.41 bits per heavy atom. The highest BCUT2D eigenvalue weighted by Crippen LogP contribution is 2.29. The van der Waals surface area contributed by atoms with Crippen LogP contribution in [-0.2, 0) is 4.79 Å². The maximum absolute atomic E-state index is 10.6. The van der Waals surface area contributed by atoms with Gasteiger partial charge in [-0.2, -0.15) is 0 Å². The molecule has 1 atom stereocenters. The van der Waals surface area contributed by atoms with Crippen molar-refractivity contribution in [2.75, 3.05) is 0 Å². The second kappa shape index (κ2) is 4.43. The maximum Gasteiger partial charge on any atom is 0.305 e. The Morgan fingerprint density at radius 2 is 1.82 bits per heavy atom. The highest BCUT2D eigenvalue weighted by molar-refractivity contribution is 5.85. The van der Waals surface area contributed by atoms with E-state index in [1.165, 1.54) is 0 Å². The molecule has 0 aromatic heterocycles. The summed E-state index contributed by atoms with van der Waals surface area (Å²) in [5.41, 5.74) is 6.21. The Kier molecular flexibility index (Phi) is 2.97. The number of aliphatic carboxylic acids is 1. The molecule has 4 nitrogen and oxygen atoms in total. The van der Waals surface area contributed by atoms with Gasteiger partial charge in [0.1, 0.15) is 5.75 Å². The van der Waals surface area contributed by atoms with Crippen molar-refractivity contribution in [2.45, 2.75) is 12.5 Å². The number of rotatable bonds is 3. The fourth-order valence-corrected chi connectivity index (χ4v) is 1.84. The van der Waals surface area contributed by atoms with E-state index in [1.807, 2.05) is 24.3 Å². The highest BCUT2D eigenvalue weighted by Gasteiger charge is 2.15. The lowest BCUT2D eigenvalue weighted by molar-refractivity contribution is -0.137. The lowest BCUT2D eigenvalue weighted by Crippen LogP contribution is -2.15. The number of carboxylic acids is 1. The van der Waals surface area contributed by atoms with Gasteiger partial charge in [-0.15, -0.1) is 0 Å². The Labute approximate surface area is 98.3 Å². The molecule has 1 unspecified atom stereocenters. The van der Waals surface area contributed by atoms with E-state index in [1.54, 1.807) is 12.1 Å². The molecular formula is C13H13NO3. The van der Waals surface area contributed by atoms with E-state index in [4.69, 9.17) is 10.8 Å². The number of hydrogen-bond acceptors (Lipinski definition) is 3. The Bertz CT molecular complexity index is 566. The average Bonchev–Trinajstić information content (AvgIpc) is 2.27. The highest BCUT2D eigenvalue weighted by atomic mass is 16.4. The summed E-state index contributed by atoms with van der Waals surface area (Å²) in [6.45, 7) is 0. The van der Waals surface area contributed by atoms with Gasteiger partial charge in [-0.05, 0) is 22.9 Å². The second-order valence-corrected chi connectivity index (χ2v) is 3.96. The third-order valence-electron chi connectivity index (χ3n) is 2.69. The van der Waals surface area contributed by atoms with Crippen LogP contribution < -0.4 is 5.73 Å². The summed E-state index contributed by atoms with van der Waals surface area (Å²) in [6, 6.07) is 10.2. The fraction of sp³-hybridized carbons (Fsp3) is 0.154. The number of carbonyl (C=O) groups is 1. The van der Waals surface area contributed by atoms with Crippen molar-refractivity contribution in [3.8, 4) is 5.75 Å². The number of phenols is 1. The quantitative estimate of drug-likeness (QED) is 0.754. The molecule has 0 radical (unpaired) electrons. The van der Waals surface area contributed by atoms with Gasteiger partial charge in [0.15, 0.2) is 0 Å². The summed E-state index contributed by atoms with van der Waals surface area (Å²) in [6.07, 6.45) is -0.202. The van der Waals surface area contributed by atoms with Crippen molar-refractivity contribution in [3.05, 3.63) is 42.0 Å². The SMILES string of the molecule is NC(CC(=O)O)c1cc2ccccc2cc1O. The lowest BCUT2D eigenvalue weighted by Gasteiger charge is -2.12. The molecule has 4 heteroatoms. The number of nitrogens with two attached hydrogens (primary N) is 1. The average molecular weight is 231 g/mol. The molecule has 4 N–H and O–H groups in total. The zero-order chi connectivity index (χ0) is 12.4. The number of benzene rings is 2. The van der Waals surface area contributed by atoms with Crippen LogP contribution in [0.2, 0.25) is 0 Å². The zero-order valence-corrected chi connectivity index (χ0v) is 9.13. The van der Waals surface area contributed by atoms with Gasteiger partial charge in [-0.25, -0.2) is 0 Å². The molecule has 0 heterocycles. The molecule has 88 valence electrons. The summed E-state index contributed by atoms with van der Waals surface area (Å²) in [5, 5.41) is 20.3. The monoisotopic (exact) mass is 231 g/mol. The van der Waals surface area contributed by atoms with Crippen molar-refractivity contribution < 1.29 is 15.0 Å². The molecule has 0 aliphatic carbocycles. The van der Waals surface area contributed by atoms with E-state index in [0.29, 0.717) is 5.56 Å². The Balaban J connectivity index is 2.46. The van der Waals surface area contributed by atoms with E-state index in [-0.39, 0.29) is 12.2 Å². The lowest BCUT2D eigenvalue weighted by atomic mass is 9.99. The summed E-state index contributed by atoms with van der Waals surface area (Å²) < 4.78 is 0. The van der Waals surface area contributed by atoms with Crippen LogP contribution >= 0.6 is 0 Å². The van der Waals surface area contributed by atoms with Crippen molar-refractivity contribution >= 4 is 16.7 Å². The van der Waals surface area contributed by atoms with Crippen molar-refractivity contribution in [1.82, 2.24) is 0 Å². The molecule has 0 aliphatic heterocycles. The maximum atomic E-state index is 10.6. The predicted molar refractivity (Wildman–Crippen MR) is 64.8 cm³/mol. The number of phenolic OH excluding ortho intramolecular Hbond substituents is 1. The van der Waals surface area contributed by atoms with Gasteiger partial charge in [-0.3, -0.25) is 4.79 Å². The van der Waals surface area contributed by atoms with Crippen LogP contribution in [0.25, 0.3) is 10.8 Å². The number of aromatic hydroxyl groups is 1. The van der Waals surface area contributed by atoms with Gasteiger partial charge >= 0.3 is 5.97 Å². The zero-order valence-electron chi connectivity index (χ0n) is 9.13. The van der Waals surface area contributed by atoms with Crippen molar-refractivity contribution in [2.24, 2.45) is 5.73 Å². The number of carboxylic acid groups (broad SMARTS) is 1. The molecule has 0 bridgehead atoms. The van der Waals surface area contributed by atoms with E-state index in [0.717, 1.165) is 10.8 Å². The van der Waals surface area contributed by atoms with Crippen LogP contribution in [0.5, 0.6) is 5.75 Å². The van der Waals surface area contributed by atoms with Crippen molar-refractivity contribution in [3.63, 3.8) is 0 Å². The summed E-state index contributed by atoms with van der Waals surface area (Å²) >= 11 is 0. The third kappa shape index (κ3) is 2.37. The van der Waals surface area contributed by atoms with Crippen LogP contribution in [0.4, 0.5) is 0 Å². The molecule has 17 heavy (non-hydrogen) atoms. The molecule has 0 amide bonds. The minimum absolute atomic E-state index is 0.0393. The van der Waals surface area contributed by atoms with Crippen LogP contribution in [0.1, 0.15) is 18.0 Å². The van der Waals surface area contributed by atoms with Gasteiger partial charge < -0.3 is 15.9 Å². The van der Waals surface area contributed by atoms with Gasteiger partial charge in [-0.1, -0.05) is 24.3 Å². The van der Waals surface area contributed by atoms with Crippen molar-refractivity contribution in [1.29, 1.82) is 0 Å². The van der Waals surface area contributed by atoms with Gasteiger partial charge in [0.05, 0.1) is 6.42 Å². The van der Waals surface area contributed by atoms with Crippen LogP contribution in [0, 0.1) is 0 Å². The van der Waals surface area contributed by atoms with E-state index < -0.39 is 12.0 Å². The minimum Gasteiger partial charge on any atom is -0.508 e. The van der Waals surface area contributed by atoms with Crippen LogP contribution in [-0.4, -0.2) is 16.2 Å². The molecular weight excluding hydrogens is 218 g/mol. The fourth-order valence-electron chi connectivity index (χ4n) is 1.84. The number of hydrogen-bond donors (Lipinski definition) is 3. The molecule has 0 spiro atoms.